The lowest BCUT2D eigenvalue weighted by Crippen LogP contribution is -2.44. The van der Waals surface area contributed by atoms with Crippen LogP contribution in [0, 0.1) is 5.41 Å². The monoisotopic (exact) mass is 267 g/mol. The van der Waals surface area contributed by atoms with Gasteiger partial charge >= 0.3 is 0 Å². The van der Waals surface area contributed by atoms with Gasteiger partial charge in [-0.25, -0.2) is 0 Å². The average Bonchev–Trinajstić information content (AvgIpc) is 2.79. The van der Waals surface area contributed by atoms with E-state index in [1.54, 1.807) is 11.3 Å². The lowest BCUT2D eigenvalue weighted by atomic mass is 9.83. The molecule has 100 valence electrons. The van der Waals surface area contributed by atoms with Gasteiger partial charge in [-0.1, -0.05) is 13.8 Å². The molecule has 0 aliphatic carbocycles. The Morgan fingerprint density at radius 3 is 3.00 bits per heavy atom. The maximum atomic E-state index is 12.4. The first-order valence-electron chi connectivity index (χ1n) is 6.35. The van der Waals surface area contributed by atoms with Gasteiger partial charge in [-0.3, -0.25) is 9.78 Å². The van der Waals surface area contributed by atoms with Crippen LogP contribution >= 0.6 is 11.3 Å². The van der Waals surface area contributed by atoms with Gasteiger partial charge in [0.1, 0.15) is 0 Å². The molecular formula is C13H21N3OS. The smallest absolute Gasteiger partial charge is 0.240 e. The highest BCUT2D eigenvalue weighted by atomic mass is 32.1. The van der Waals surface area contributed by atoms with E-state index in [-0.39, 0.29) is 17.4 Å². The molecule has 2 heterocycles. The summed E-state index contributed by atoms with van der Waals surface area (Å²) in [5.41, 5.74) is 2.03. The summed E-state index contributed by atoms with van der Waals surface area (Å²) < 4.78 is 0. The van der Waals surface area contributed by atoms with Crippen LogP contribution in [0.5, 0.6) is 0 Å². The first-order chi connectivity index (χ1) is 8.52. The van der Waals surface area contributed by atoms with E-state index in [2.05, 4.69) is 24.1 Å². The van der Waals surface area contributed by atoms with Crippen molar-refractivity contribution in [2.45, 2.75) is 39.3 Å². The van der Waals surface area contributed by atoms with Gasteiger partial charge in [0.2, 0.25) is 5.91 Å². The van der Waals surface area contributed by atoms with Gasteiger partial charge in [-0.2, -0.15) is 0 Å². The number of nitrogens with zero attached hydrogens (tertiary/aromatic N) is 2. The van der Waals surface area contributed by atoms with Gasteiger partial charge in [-0.05, 0) is 25.3 Å². The van der Waals surface area contributed by atoms with Gasteiger partial charge in [0.25, 0.3) is 0 Å². The van der Waals surface area contributed by atoms with Crippen LogP contribution in [0.25, 0.3) is 0 Å². The molecule has 1 saturated heterocycles. The largest absolute Gasteiger partial charge is 0.336 e. The summed E-state index contributed by atoms with van der Waals surface area (Å²) in [7, 11) is 1.87. The number of carbonyl (C=O) groups excluding carboxylic acids is 1. The third-order valence-electron chi connectivity index (χ3n) is 3.60. The van der Waals surface area contributed by atoms with Crippen LogP contribution in [0.4, 0.5) is 0 Å². The van der Waals surface area contributed by atoms with E-state index in [1.165, 1.54) is 0 Å². The zero-order chi connectivity index (χ0) is 13.2. The Labute approximate surface area is 112 Å². The highest BCUT2D eigenvalue weighted by molar-refractivity contribution is 7.09. The summed E-state index contributed by atoms with van der Waals surface area (Å²) in [5, 5.41) is 3.16. The summed E-state index contributed by atoms with van der Waals surface area (Å²) in [6.07, 6.45) is 3.81. The highest BCUT2D eigenvalue weighted by Crippen LogP contribution is 2.31. The van der Waals surface area contributed by atoms with Crippen molar-refractivity contribution in [2.75, 3.05) is 13.6 Å². The fourth-order valence-corrected chi connectivity index (χ4v) is 3.01. The molecule has 0 spiro atoms. The summed E-state index contributed by atoms with van der Waals surface area (Å²) in [6, 6.07) is -0.0598. The number of nitrogens with one attached hydrogen (secondary N) is 1. The topological polar surface area (TPSA) is 45.2 Å². The van der Waals surface area contributed by atoms with E-state index >= 15 is 0 Å². The fourth-order valence-electron chi connectivity index (χ4n) is 2.40. The lowest BCUT2D eigenvalue weighted by molar-refractivity contribution is -0.133. The van der Waals surface area contributed by atoms with Crippen LogP contribution in [0.1, 0.15) is 31.6 Å². The van der Waals surface area contributed by atoms with E-state index in [0.717, 1.165) is 24.3 Å². The summed E-state index contributed by atoms with van der Waals surface area (Å²) >= 11 is 1.61. The Morgan fingerprint density at radius 1 is 1.61 bits per heavy atom. The molecule has 0 aromatic carbocycles. The van der Waals surface area contributed by atoms with E-state index in [0.29, 0.717) is 6.54 Å². The third kappa shape index (κ3) is 3.09. The van der Waals surface area contributed by atoms with Crippen molar-refractivity contribution in [3.63, 3.8) is 0 Å². The van der Waals surface area contributed by atoms with E-state index < -0.39 is 0 Å². The van der Waals surface area contributed by atoms with Gasteiger partial charge in [0, 0.05) is 17.6 Å². The second-order valence-electron chi connectivity index (χ2n) is 5.69. The minimum Gasteiger partial charge on any atom is -0.336 e. The molecule has 1 aliphatic heterocycles. The normalized spacial score (nSPS) is 24.1. The second kappa shape index (κ2) is 5.36. The van der Waals surface area contributed by atoms with Crippen LogP contribution in [0.15, 0.2) is 11.7 Å². The quantitative estimate of drug-likeness (QED) is 0.909. The predicted molar refractivity (Wildman–Crippen MR) is 73.4 cm³/mol. The van der Waals surface area contributed by atoms with E-state index in [9.17, 15) is 4.79 Å². The minimum absolute atomic E-state index is 0.0598. The zero-order valence-corrected chi connectivity index (χ0v) is 12.1. The van der Waals surface area contributed by atoms with Crippen LogP contribution in [-0.2, 0) is 11.3 Å². The molecule has 1 aliphatic rings. The molecule has 2 rings (SSSR count). The minimum atomic E-state index is -0.0598. The number of likely N-dealkylation sites (tertiary alicyclic amines) is 1. The summed E-state index contributed by atoms with van der Waals surface area (Å²) in [5.74, 6) is 0.219. The Hall–Kier alpha value is -0.940. The van der Waals surface area contributed by atoms with Crippen LogP contribution < -0.4 is 5.32 Å². The average molecular weight is 267 g/mol. The van der Waals surface area contributed by atoms with Gasteiger partial charge in [-0.15, -0.1) is 11.3 Å². The standard InChI is InChI=1S/C13H21N3OS/c1-13(2)4-5-16(8-10-7-15-9-18-10)12(17)11(6-13)14-3/h7,9,11,14H,4-6,8H2,1-3H3. The number of hydrogen-bond acceptors (Lipinski definition) is 4. The Morgan fingerprint density at radius 2 is 2.39 bits per heavy atom. The lowest BCUT2D eigenvalue weighted by Gasteiger charge is -2.24. The molecule has 18 heavy (non-hydrogen) atoms. The molecule has 1 atom stereocenters. The van der Waals surface area contributed by atoms with Crippen LogP contribution in [-0.4, -0.2) is 35.4 Å². The van der Waals surface area contributed by atoms with Gasteiger partial charge in [0.15, 0.2) is 0 Å². The maximum Gasteiger partial charge on any atom is 0.240 e. The van der Waals surface area contributed by atoms with Crippen molar-refractivity contribution in [3.05, 3.63) is 16.6 Å². The Balaban J connectivity index is 2.12. The van der Waals surface area contributed by atoms with Gasteiger partial charge < -0.3 is 10.2 Å². The number of aromatic nitrogens is 1. The van der Waals surface area contributed by atoms with Crippen molar-refractivity contribution >= 4 is 17.2 Å². The third-order valence-corrected chi connectivity index (χ3v) is 4.37. The molecule has 1 amide bonds. The highest BCUT2D eigenvalue weighted by Gasteiger charge is 2.34. The number of likely N-dealkylation sites (N-methyl/N-ethyl adjacent to an activating group) is 1. The first-order valence-corrected chi connectivity index (χ1v) is 7.23. The molecule has 1 aromatic heterocycles. The molecule has 0 saturated carbocycles. The molecule has 1 unspecified atom stereocenters. The van der Waals surface area contributed by atoms with Crippen molar-refractivity contribution in [2.24, 2.45) is 5.41 Å². The Bertz CT molecular complexity index is 402. The second-order valence-corrected chi connectivity index (χ2v) is 6.66. The molecule has 1 fully saturated rings. The maximum absolute atomic E-state index is 12.4. The molecule has 0 bridgehead atoms. The van der Waals surface area contributed by atoms with Crippen molar-refractivity contribution < 1.29 is 4.79 Å². The van der Waals surface area contributed by atoms with Gasteiger partial charge in [0.05, 0.1) is 18.1 Å². The zero-order valence-electron chi connectivity index (χ0n) is 11.3. The molecule has 1 N–H and O–H groups in total. The van der Waals surface area contributed by atoms with Crippen LogP contribution in [0.3, 0.4) is 0 Å². The Kier molecular flexibility index (Phi) is 4.02. The summed E-state index contributed by atoms with van der Waals surface area (Å²) in [4.78, 5) is 19.6. The van der Waals surface area contributed by atoms with Crippen molar-refractivity contribution in [1.82, 2.24) is 15.2 Å². The van der Waals surface area contributed by atoms with Crippen molar-refractivity contribution in [1.29, 1.82) is 0 Å². The number of hydrogen-bond donors (Lipinski definition) is 1. The van der Waals surface area contributed by atoms with Crippen molar-refractivity contribution in [3.8, 4) is 0 Å². The number of thiazole rings is 1. The fraction of sp³-hybridized carbons (Fsp3) is 0.692. The molecule has 0 radical (unpaired) electrons. The molecule has 4 nitrogen and oxygen atoms in total. The first kappa shape index (κ1) is 13.5. The van der Waals surface area contributed by atoms with E-state index in [1.807, 2.05) is 23.7 Å². The SMILES string of the molecule is CNC1CC(C)(C)CCN(Cc2cncs2)C1=O. The van der Waals surface area contributed by atoms with Crippen LogP contribution in [0.2, 0.25) is 0 Å². The summed E-state index contributed by atoms with van der Waals surface area (Å²) in [6.45, 7) is 6.00. The molecule has 5 heteroatoms. The number of carbonyl (C=O) groups is 1. The molecular weight excluding hydrogens is 246 g/mol. The molecule has 1 aromatic rings. The number of rotatable bonds is 3. The number of amides is 1. The van der Waals surface area contributed by atoms with E-state index in [4.69, 9.17) is 0 Å². The predicted octanol–water partition coefficient (Wildman–Crippen LogP) is 1.88.